The van der Waals surface area contributed by atoms with Crippen LogP contribution in [-0.4, -0.2) is 55.7 Å². The Hall–Kier alpha value is -2.22. The molecular weight excluding hydrogens is 296 g/mol. The largest absolute Gasteiger partial charge is 0.366 e. The maximum Gasteiger partial charge on any atom is 0.255 e. The minimum Gasteiger partial charge on any atom is -0.366 e. The summed E-state index contributed by atoms with van der Waals surface area (Å²) in [6, 6.07) is 2.30. The van der Waals surface area contributed by atoms with Gasteiger partial charge in [0.25, 0.3) is 5.91 Å². The van der Waals surface area contributed by atoms with Gasteiger partial charge in [0.2, 0.25) is 5.82 Å². The van der Waals surface area contributed by atoms with Crippen LogP contribution in [0.5, 0.6) is 0 Å². The molecule has 23 heavy (non-hydrogen) atoms. The van der Waals surface area contributed by atoms with Crippen molar-refractivity contribution in [2.75, 3.05) is 19.7 Å². The summed E-state index contributed by atoms with van der Waals surface area (Å²) in [5.74, 6) is 0.511. The van der Waals surface area contributed by atoms with E-state index in [1.54, 1.807) is 4.90 Å². The van der Waals surface area contributed by atoms with Gasteiger partial charge in [0.05, 0.1) is 18.7 Å². The molecule has 3 heterocycles. The van der Waals surface area contributed by atoms with Crippen molar-refractivity contribution in [3.8, 4) is 0 Å². The van der Waals surface area contributed by atoms with Crippen LogP contribution in [0.1, 0.15) is 53.6 Å². The molecule has 1 saturated heterocycles. The van der Waals surface area contributed by atoms with Gasteiger partial charge in [0.15, 0.2) is 0 Å². The second-order valence-corrected chi connectivity index (χ2v) is 6.13. The first kappa shape index (κ1) is 15.7. The van der Waals surface area contributed by atoms with Crippen molar-refractivity contribution >= 4 is 5.91 Å². The van der Waals surface area contributed by atoms with Gasteiger partial charge in [-0.2, -0.15) is 5.21 Å². The van der Waals surface area contributed by atoms with Gasteiger partial charge in [0.1, 0.15) is 6.10 Å². The molecule has 2 aromatic heterocycles. The Morgan fingerprint density at radius 1 is 1.43 bits per heavy atom. The normalized spacial score (nSPS) is 18.7. The molecule has 1 atom stereocenters. The van der Waals surface area contributed by atoms with Crippen LogP contribution in [0.2, 0.25) is 0 Å². The lowest BCUT2D eigenvalue weighted by molar-refractivity contribution is -0.0268. The van der Waals surface area contributed by atoms with Gasteiger partial charge >= 0.3 is 0 Å². The van der Waals surface area contributed by atoms with E-state index < -0.39 is 0 Å². The molecule has 0 radical (unpaired) electrons. The van der Waals surface area contributed by atoms with Crippen LogP contribution in [0.25, 0.3) is 0 Å². The third-order valence-electron chi connectivity index (χ3n) is 4.23. The predicted octanol–water partition coefficient (Wildman–Crippen LogP) is 1.41. The first-order chi connectivity index (χ1) is 11.0. The van der Waals surface area contributed by atoms with Crippen molar-refractivity contribution in [3.63, 3.8) is 0 Å². The zero-order valence-electron chi connectivity index (χ0n) is 13.9. The van der Waals surface area contributed by atoms with E-state index in [0.29, 0.717) is 31.6 Å². The van der Waals surface area contributed by atoms with E-state index in [1.165, 1.54) is 0 Å². The average Bonchev–Trinajstić information content (AvgIpc) is 3.15. The molecule has 1 aliphatic rings. The maximum absolute atomic E-state index is 12.9. The standard InChI is InChI=1S/C15H22N6O2/c1-9(2)21-10(3)7-12(11(21)4)15(22)20-5-6-23-13(8-20)14-16-18-19-17-14/h7,9,13H,5-6,8H2,1-4H3,(H,16,17,18,19). The quantitative estimate of drug-likeness (QED) is 0.924. The molecule has 1 aliphatic heterocycles. The zero-order chi connectivity index (χ0) is 16.6. The van der Waals surface area contributed by atoms with Crippen molar-refractivity contribution in [1.82, 2.24) is 30.1 Å². The molecule has 2 aromatic rings. The minimum absolute atomic E-state index is 0.0294. The molecule has 8 heteroatoms. The zero-order valence-corrected chi connectivity index (χ0v) is 13.9. The van der Waals surface area contributed by atoms with E-state index in [2.05, 4.69) is 39.0 Å². The highest BCUT2D eigenvalue weighted by atomic mass is 16.5. The van der Waals surface area contributed by atoms with E-state index in [1.807, 2.05) is 19.9 Å². The van der Waals surface area contributed by atoms with E-state index >= 15 is 0 Å². The van der Waals surface area contributed by atoms with Gasteiger partial charge in [-0.05, 0) is 33.8 Å². The molecule has 3 rings (SSSR count). The summed E-state index contributed by atoms with van der Waals surface area (Å²) in [6.45, 7) is 9.74. The second-order valence-electron chi connectivity index (χ2n) is 6.13. The van der Waals surface area contributed by atoms with Crippen molar-refractivity contribution in [2.45, 2.75) is 39.8 Å². The van der Waals surface area contributed by atoms with Crippen LogP contribution in [0.4, 0.5) is 0 Å². The summed E-state index contributed by atoms with van der Waals surface area (Å²) in [5, 5.41) is 13.9. The smallest absolute Gasteiger partial charge is 0.255 e. The Kier molecular flexibility index (Phi) is 4.16. The monoisotopic (exact) mass is 318 g/mol. The van der Waals surface area contributed by atoms with Gasteiger partial charge in [-0.25, -0.2) is 0 Å². The predicted molar refractivity (Wildman–Crippen MR) is 83.1 cm³/mol. The molecule has 0 saturated carbocycles. The molecule has 0 aliphatic carbocycles. The number of morpholine rings is 1. The molecule has 0 bridgehead atoms. The number of carbonyl (C=O) groups excluding carboxylic acids is 1. The van der Waals surface area contributed by atoms with E-state index in [9.17, 15) is 4.79 Å². The number of ether oxygens (including phenoxy) is 1. The van der Waals surface area contributed by atoms with Crippen molar-refractivity contribution in [3.05, 3.63) is 28.8 Å². The van der Waals surface area contributed by atoms with Crippen LogP contribution in [0.3, 0.4) is 0 Å². The lowest BCUT2D eigenvalue weighted by Crippen LogP contribution is -2.42. The van der Waals surface area contributed by atoms with Crippen LogP contribution >= 0.6 is 0 Å². The molecule has 0 spiro atoms. The first-order valence-corrected chi connectivity index (χ1v) is 7.81. The van der Waals surface area contributed by atoms with Crippen molar-refractivity contribution < 1.29 is 9.53 Å². The lowest BCUT2D eigenvalue weighted by Gasteiger charge is -2.31. The fraction of sp³-hybridized carbons (Fsp3) is 0.600. The number of aromatic nitrogens is 5. The summed E-state index contributed by atoms with van der Waals surface area (Å²) >= 11 is 0. The summed E-state index contributed by atoms with van der Waals surface area (Å²) in [5.41, 5.74) is 2.86. The highest BCUT2D eigenvalue weighted by Crippen LogP contribution is 2.24. The number of nitrogens with one attached hydrogen (secondary N) is 1. The van der Waals surface area contributed by atoms with Crippen LogP contribution in [-0.2, 0) is 4.74 Å². The summed E-state index contributed by atoms with van der Waals surface area (Å²) in [7, 11) is 0. The molecular formula is C15H22N6O2. The topological polar surface area (TPSA) is 88.9 Å². The molecule has 1 unspecified atom stereocenters. The number of nitrogens with zero attached hydrogens (tertiary/aromatic N) is 5. The third-order valence-corrected chi connectivity index (χ3v) is 4.23. The first-order valence-electron chi connectivity index (χ1n) is 7.81. The Labute approximate surface area is 134 Å². The van der Waals surface area contributed by atoms with Crippen LogP contribution in [0.15, 0.2) is 6.07 Å². The van der Waals surface area contributed by atoms with Gasteiger partial charge in [-0.15, -0.1) is 10.2 Å². The summed E-state index contributed by atoms with van der Waals surface area (Å²) < 4.78 is 7.84. The number of rotatable bonds is 3. The SMILES string of the molecule is Cc1cc(C(=O)N2CCOC(c3nn[nH]n3)C2)c(C)n1C(C)C. The molecule has 124 valence electrons. The fourth-order valence-corrected chi connectivity index (χ4v) is 3.25. The molecule has 1 fully saturated rings. The number of aromatic amines is 1. The Bertz CT molecular complexity index is 691. The van der Waals surface area contributed by atoms with E-state index in [-0.39, 0.29) is 12.0 Å². The molecule has 0 aromatic carbocycles. The average molecular weight is 318 g/mol. The Balaban J connectivity index is 1.82. The molecule has 8 nitrogen and oxygen atoms in total. The number of hydrogen-bond acceptors (Lipinski definition) is 5. The van der Waals surface area contributed by atoms with Gasteiger partial charge < -0.3 is 14.2 Å². The maximum atomic E-state index is 12.9. The van der Waals surface area contributed by atoms with Gasteiger partial charge in [0, 0.05) is 24.0 Å². The Morgan fingerprint density at radius 2 is 2.22 bits per heavy atom. The fourth-order valence-electron chi connectivity index (χ4n) is 3.25. The molecule has 1 amide bonds. The highest BCUT2D eigenvalue weighted by Gasteiger charge is 2.30. The highest BCUT2D eigenvalue weighted by molar-refractivity contribution is 5.95. The number of carbonyl (C=O) groups is 1. The van der Waals surface area contributed by atoms with Crippen LogP contribution < -0.4 is 0 Å². The van der Waals surface area contributed by atoms with E-state index in [0.717, 1.165) is 17.0 Å². The summed E-state index contributed by atoms with van der Waals surface area (Å²) in [4.78, 5) is 14.7. The number of hydrogen-bond donors (Lipinski definition) is 1. The van der Waals surface area contributed by atoms with Crippen LogP contribution in [0, 0.1) is 13.8 Å². The van der Waals surface area contributed by atoms with Gasteiger partial charge in [-0.1, -0.05) is 5.21 Å². The minimum atomic E-state index is -0.333. The third kappa shape index (κ3) is 2.86. The van der Waals surface area contributed by atoms with Crippen molar-refractivity contribution in [2.24, 2.45) is 0 Å². The number of aryl methyl sites for hydroxylation is 1. The Morgan fingerprint density at radius 3 is 2.83 bits per heavy atom. The second kappa shape index (κ2) is 6.11. The number of tetrazole rings is 1. The van der Waals surface area contributed by atoms with Gasteiger partial charge in [-0.3, -0.25) is 4.79 Å². The molecule has 1 N–H and O–H groups in total. The lowest BCUT2D eigenvalue weighted by atomic mass is 10.2. The number of amides is 1. The van der Waals surface area contributed by atoms with E-state index in [4.69, 9.17) is 4.74 Å². The summed E-state index contributed by atoms with van der Waals surface area (Å²) in [6.07, 6.45) is -0.333. The van der Waals surface area contributed by atoms with Crippen molar-refractivity contribution in [1.29, 1.82) is 0 Å². The number of H-pyrrole nitrogens is 1.